The lowest BCUT2D eigenvalue weighted by Crippen LogP contribution is -2.52. The number of rotatable bonds is 1. The maximum atomic E-state index is 13.4. The Labute approximate surface area is 177 Å². The summed E-state index contributed by atoms with van der Waals surface area (Å²) in [5, 5.41) is 2.95. The Bertz CT molecular complexity index is 774. The van der Waals surface area contributed by atoms with Gasteiger partial charge < -0.3 is 25.6 Å². The lowest BCUT2D eigenvalue weighted by molar-refractivity contribution is -0.148. The molecule has 8 nitrogen and oxygen atoms in total. The van der Waals surface area contributed by atoms with Gasteiger partial charge in [0.1, 0.15) is 12.4 Å². The molecule has 0 atom stereocenters. The third-order valence-corrected chi connectivity index (χ3v) is 6.23. The summed E-state index contributed by atoms with van der Waals surface area (Å²) in [5.74, 6) is 0.424. The highest BCUT2D eigenvalue weighted by Crippen LogP contribution is 2.38. The number of likely N-dealkylation sites (tertiary alicyclic amines) is 1. The van der Waals surface area contributed by atoms with E-state index >= 15 is 0 Å². The second kappa shape index (κ2) is 9.93. The zero-order valence-corrected chi connectivity index (χ0v) is 17.7. The monoisotopic (exact) mass is 416 g/mol. The van der Waals surface area contributed by atoms with Crippen LogP contribution in [0.2, 0.25) is 0 Å². The molecule has 0 bridgehead atoms. The Morgan fingerprint density at radius 2 is 1.87 bits per heavy atom. The first-order valence-corrected chi connectivity index (χ1v) is 10.7. The Hall–Kier alpha value is -2.61. The highest BCUT2D eigenvalue weighted by atomic mass is 16.5. The van der Waals surface area contributed by atoms with Gasteiger partial charge >= 0.3 is 0 Å². The summed E-state index contributed by atoms with van der Waals surface area (Å²) in [4.78, 5) is 41.3. The van der Waals surface area contributed by atoms with Gasteiger partial charge in [0.15, 0.2) is 0 Å². The fourth-order valence-electron chi connectivity index (χ4n) is 4.35. The smallest absolute Gasteiger partial charge is 0.255 e. The molecule has 30 heavy (non-hydrogen) atoms. The summed E-state index contributed by atoms with van der Waals surface area (Å²) in [6.45, 7) is 2.39. The molecule has 0 saturated carbocycles. The molecule has 2 aliphatic heterocycles. The van der Waals surface area contributed by atoms with Gasteiger partial charge in [-0.15, -0.1) is 0 Å². The number of nitrogens with two attached hydrogens (primary N) is 1. The summed E-state index contributed by atoms with van der Waals surface area (Å²) in [6.07, 6.45) is 3.64. The quantitative estimate of drug-likeness (QED) is 0.711. The minimum absolute atomic E-state index is 0.000635. The summed E-state index contributed by atoms with van der Waals surface area (Å²) in [6, 6.07) is 7.16. The van der Waals surface area contributed by atoms with Crippen LogP contribution in [-0.2, 0) is 9.59 Å². The minimum atomic E-state index is -0.480. The predicted octanol–water partition coefficient (Wildman–Crippen LogP) is 1.01. The van der Waals surface area contributed by atoms with Crippen molar-refractivity contribution < 1.29 is 19.1 Å². The van der Waals surface area contributed by atoms with Gasteiger partial charge in [-0.3, -0.25) is 14.4 Å². The normalized spacial score (nSPS) is 20.7. The predicted molar refractivity (Wildman–Crippen MR) is 113 cm³/mol. The van der Waals surface area contributed by atoms with Crippen molar-refractivity contribution in [1.29, 1.82) is 0 Å². The molecule has 164 valence electrons. The van der Waals surface area contributed by atoms with Crippen molar-refractivity contribution in [2.45, 2.75) is 32.1 Å². The molecule has 3 amide bonds. The van der Waals surface area contributed by atoms with Gasteiger partial charge in [-0.05, 0) is 37.8 Å². The number of benzene rings is 1. The number of nitrogens with one attached hydrogen (secondary N) is 1. The number of ether oxygens (including phenoxy) is 1. The third kappa shape index (κ3) is 4.92. The van der Waals surface area contributed by atoms with Crippen LogP contribution in [0.15, 0.2) is 24.3 Å². The fraction of sp³-hybridized carbons (Fsp3) is 0.591. The molecular formula is C22H32N4O4. The van der Waals surface area contributed by atoms with E-state index in [0.29, 0.717) is 56.9 Å². The maximum Gasteiger partial charge on any atom is 0.255 e. The van der Waals surface area contributed by atoms with E-state index in [1.54, 1.807) is 29.0 Å². The van der Waals surface area contributed by atoms with E-state index in [4.69, 9.17) is 10.5 Å². The number of carbonyl (C=O) groups excluding carboxylic acids is 3. The zero-order valence-electron chi connectivity index (χ0n) is 17.7. The van der Waals surface area contributed by atoms with Crippen molar-refractivity contribution in [2.24, 2.45) is 11.1 Å². The van der Waals surface area contributed by atoms with E-state index in [-0.39, 0.29) is 24.3 Å². The lowest BCUT2D eigenvalue weighted by Gasteiger charge is -2.42. The Morgan fingerprint density at radius 1 is 1.13 bits per heavy atom. The van der Waals surface area contributed by atoms with Gasteiger partial charge in [-0.25, -0.2) is 0 Å². The fourth-order valence-corrected chi connectivity index (χ4v) is 4.35. The number of nitrogens with zero attached hydrogens (tertiary/aromatic N) is 2. The van der Waals surface area contributed by atoms with Crippen molar-refractivity contribution in [3.8, 4) is 5.75 Å². The second-order valence-corrected chi connectivity index (χ2v) is 8.15. The first-order chi connectivity index (χ1) is 14.5. The van der Waals surface area contributed by atoms with Crippen LogP contribution in [0.4, 0.5) is 0 Å². The lowest BCUT2D eigenvalue weighted by atomic mass is 9.73. The molecule has 3 rings (SSSR count). The number of hydrogen-bond acceptors (Lipinski definition) is 5. The number of likely N-dealkylation sites (N-methyl/N-ethyl adjacent to an activating group) is 1. The molecule has 1 saturated heterocycles. The van der Waals surface area contributed by atoms with Crippen molar-refractivity contribution >= 4 is 17.7 Å². The maximum absolute atomic E-state index is 13.4. The van der Waals surface area contributed by atoms with Crippen molar-refractivity contribution in [3.63, 3.8) is 0 Å². The topological polar surface area (TPSA) is 105 Å². The van der Waals surface area contributed by atoms with E-state index in [2.05, 4.69) is 5.32 Å². The van der Waals surface area contributed by atoms with Gasteiger partial charge in [0.25, 0.3) is 5.91 Å². The first kappa shape index (κ1) is 22.1. The van der Waals surface area contributed by atoms with Gasteiger partial charge in [0.05, 0.1) is 24.1 Å². The summed E-state index contributed by atoms with van der Waals surface area (Å²) in [5.41, 5.74) is 5.53. The van der Waals surface area contributed by atoms with Crippen molar-refractivity contribution in [3.05, 3.63) is 29.8 Å². The van der Waals surface area contributed by atoms with Crippen LogP contribution >= 0.6 is 0 Å². The van der Waals surface area contributed by atoms with Crippen LogP contribution in [0.1, 0.15) is 42.5 Å². The number of carbonyl (C=O) groups is 3. The Kier molecular flexibility index (Phi) is 7.31. The molecule has 0 aliphatic carbocycles. The Morgan fingerprint density at radius 3 is 2.60 bits per heavy atom. The van der Waals surface area contributed by atoms with E-state index in [9.17, 15) is 14.4 Å². The standard InChI is InChI=1S/C22H32N4O4/c1-25-14-15-30-18-7-3-2-6-17(18)20(28)24-11-5-4-8-22(21(25)29)9-12-26(13-10-22)19(27)16-23/h2-3,6-7H,4-5,8-16,23H2,1H3,(H,24,28). The summed E-state index contributed by atoms with van der Waals surface area (Å²) >= 11 is 0. The van der Waals surface area contributed by atoms with E-state index < -0.39 is 5.41 Å². The number of amides is 3. The number of fused-ring (bicyclic) bond motifs is 1. The van der Waals surface area contributed by atoms with Gasteiger partial charge in [0.2, 0.25) is 11.8 Å². The molecule has 0 unspecified atom stereocenters. The molecule has 1 spiro atoms. The van der Waals surface area contributed by atoms with Crippen LogP contribution in [0.3, 0.4) is 0 Å². The molecule has 0 aromatic heterocycles. The van der Waals surface area contributed by atoms with Crippen LogP contribution in [-0.4, -0.2) is 73.9 Å². The molecule has 1 aromatic carbocycles. The number of hydrogen-bond donors (Lipinski definition) is 2. The van der Waals surface area contributed by atoms with Crippen molar-refractivity contribution in [2.75, 3.05) is 46.4 Å². The Balaban J connectivity index is 1.74. The third-order valence-electron chi connectivity index (χ3n) is 6.23. The van der Waals surface area contributed by atoms with Gasteiger partial charge in [0, 0.05) is 26.7 Å². The first-order valence-electron chi connectivity index (χ1n) is 10.7. The van der Waals surface area contributed by atoms with E-state index in [1.165, 1.54) is 0 Å². The summed E-state index contributed by atoms with van der Waals surface area (Å²) < 4.78 is 5.84. The highest BCUT2D eigenvalue weighted by Gasteiger charge is 2.43. The van der Waals surface area contributed by atoms with E-state index in [0.717, 1.165) is 19.3 Å². The van der Waals surface area contributed by atoms with Crippen LogP contribution < -0.4 is 15.8 Å². The SMILES string of the molecule is CN1CCOc2ccccc2C(=O)NCCCCC2(CCN(C(=O)CN)CC2)C1=O. The molecule has 1 fully saturated rings. The summed E-state index contributed by atoms with van der Waals surface area (Å²) in [7, 11) is 1.80. The van der Waals surface area contributed by atoms with Crippen LogP contribution in [0.5, 0.6) is 5.75 Å². The molecule has 2 heterocycles. The van der Waals surface area contributed by atoms with Crippen LogP contribution in [0.25, 0.3) is 0 Å². The number of piperidine rings is 1. The minimum Gasteiger partial charge on any atom is -0.491 e. The number of para-hydroxylation sites is 1. The highest BCUT2D eigenvalue weighted by molar-refractivity contribution is 5.96. The molecule has 3 N–H and O–H groups in total. The average Bonchev–Trinajstić information content (AvgIpc) is 2.77. The second-order valence-electron chi connectivity index (χ2n) is 8.15. The van der Waals surface area contributed by atoms with Gasteiger partial charge in [-0.1, -0.05) is 18.6 Å². The molecule has 2 aliphatic rings. The molecule has 0 radical (unpaired) electrons. The molecular weight excluding hydrogens is 384 g/mol. The molecule has 1 aromatic rings. The largest absolute Gasteiger partial charge is 0.491 e. The zero-order chi connectivity index (χ0) is 21.6. The molecule has 8 heteroatoms. The van der Waals surface area contributed by atoms with Crippen molar-refractivity contribution in [1.82, 2.24) is 15.1 Å². The van der Waals surface area contributed by atoms with Crippen LogP contribution in [0, 0.1) is 5.41 Å². The van der Waals surface area contributed by atoms with Gasteiger partial charge in [-0.2, -0.15) is 0 Å². The van der Waals surface area contributed by atoms with E-state index in [1.807, 2.05) is 12.1 Å². The average molecular weight is 417 g/mol.